The minimum Gasteiger partial charge on any atom is -0.325 e. The summed E-state index contributed by atoms with van der Waals surface area (Å²) < 4.78 is 0. The molecular formula is C7H17N. The van der Waals surface area contributed by atoms with Gasteiger partial charge in [-0.25, -0.2) is 0 Å². The first-order chi connectivity index (χ1) is 3.48. The fraction of sp³-hybridized carbons (Fsp3) is 1.00. The topological polar surface area (TPSA) is 26.0 Å². The van der Waals surface area contributed by atoms with Gasteiger partial charge in [0.15, 0.2) is 0 Å². The van der Waals surface area contributed by atoms with Crippen LogP contribution in [0.2, 0.25) is 0 Å². The van der Waals surface area contributed by atoms with Crippen molar-refractivity contribution in [1.29, 1.82) is 0 Å². The maximum atomic E-state index is 5.79. The van der Waals surface area contributed by atoms with Crippen LogP contribution in [0, 0.1) is 5.92 Å². The second kappa shape index (κ2) is 2.49. The van der Waals surface area contributed by atoms with E-state index in [1.165, 1.54) is 6.42 Å². The van der Waals surface area contributed by atoms with Gasteiger partial charge in [-0.1, -0.05) is 20.3 Å². The molecule has 1 atom stereocenters. The molecule has 0 spiro atoms. The first kappa shape index (κ1) is 7.96. The summed E-state index contributed by atoms with van der Waals surface area (Å²) in [5.74, 6) is 0.627. The molecule has 0 aromatic carbocycles. The van der Waals surface area contributed by atoms with Crippen LogP contribution in [-0.4, -0.2) is 5.54 Å². The molecule has 2 N–H and O–H groups in total. The summed E-state index contributed by atoms with van der Waals surface area (Å²) in [6, 6.07) is 0. The van der Waals surface area contributed by atoms with Crippen molar-refractivity contribution in [3.63, 3.8) is 0 Å². The van der Waals surface area contributed by atoms with E-state index in [0.717, 1.165) is 0 Å². The molecule has 0 radical (unpaired) electrons. The zero-order chi connectivity index (χ0) is 6.78. The Morgan fingerprint density at radius 2 is 1.88 bits per heavy atom. The fourth-order valence-electron chi connectivity index (χ4n) is 0.526. The molecule has 0 aliphatic heterocycles. The van der Waals surface area contributed by atoms with Crippen LogP contribution in [0.15, 0.2) is 0 Å². The highest BCUT2D eigenvalue weighted by Gasteiger charge is 2.17. The monoisotopic (exact) mass is 115 g/mol. The van der Waals surface area contributed by atoms with E-state index in [0.29, 0.717) is 5.92 Å². The Balaban J connectivity index is 3.62. The SMILES string of the molecule is CC[C@H](C)C(C)(C)N. The van der Waals surface area contributed by atoms with Crippen LogP contribution in [0.1, 0.15) is 34.1 Å². The first-order valence-electron chi connectivity index (χ1n) is 3.27. The Hall–Kier alpha value is -0.0400. The lowest BCUT2D eigenvalue weighted by Gasteiger charge is -2.25. The Morgan fingerprint density at radius 1 is 1.50 bits per heavy atom. The Bertz CT molecular complexity index is 61.3. The summed E-state index contributed by atoms with van der Waals surface area (Å²) in [4.78, 5) is 0. The zero-order valence-electron chi connectivity index (χ0n) is 6.36. The van der Waals surface area contributed by atoms with E-state index >= 15 is 0 Å². The summed E-state index contributed by atoms with van der Waals surface area (Å²) in [6.07, 6.45) is 1.17. The molecule has 1 nitrogen and oxygen atoms in total. The molecular weight excluding hydrogens is 98.1 g/mol. The molecule has 0 aromatic heterocycles. The third kappa shape index (κ3) is 2.31. The van der Waals surface area contributed by atoms with E-state index in [2.05, 4.69) is 27.7 Å². The predicted octanol–water partition coefficient (Wildman–Crippen LogP) is 1.77. The van der Waals surface area contributed by atoms with Crippen molar-refractivity contribution in [2.24, 2.45) is 11.7 Å². The quantitative estimate of drug-likeness (QED) is 0.583. The van der Waals surface area contributed by atoms with E-state index in [9.17, 15) is 0 Å². The number of hydrogen-bond acceptors (Lipinski definition) is 1. The highest BCUT2D eigenvalue weighted by molar-refractivity contribution is 4.77. The summed E-state index contributed by atoms with van der Waals surface area (Å²) in [5, 5.41) is 0. The molecule has 0 bridgehead atoms. The number of rotatable bonds is 2. The van der Waals surface area contributed by atoms with Crippen molar-refractivity contribution in [1.82, 2.24) is 0 Å². The predicted molar refractivity (Wildman–Crippen MR) is 37.7 cm³/mol. The minimum atomic E-state index is 0.00868. The molecule has 1 heteroatoms. The second-order valence-electron chi connectivity index (χ2n) is 3.13. The van der Waals surface area contributed by atoms with Gasteiger partial charge in [-0.3, -0.25) is 0 Å². The molecule has 0 aliphatic rings. The van der Waals surface area contributed by atoms with Gasteiger partial charge in [0.25, 0.3) is 0 Å². The van der Waals surface area contributed by atoms with Gasteiger partial charge in [0.2, 0.25) is 0 Å². The molecule has 50 valence electrons. The van der Waals surface area contributed by atoms with E-state index in [4.69, 9.17) is 5.73 Å². The molecule has 0 heterocycles. The molecule has 0 saturated heterocycles. The minimum absolute atomic E-state index is 0.00868. The normalized spacial score (nSPS) is 16.1. The standard InChI is InChI=1S/C7H17N/c1-5-6(2)7(3,4)8/h6H,5,8H2,1-4H3/t6-/m0/s1. The van der Waals surface area contributed by atoms with Gasteiger partial charge >= 0.3 is 0 Å². The maximum absolute atomic E-state index is 5.79. The summed E-state index contributed by atoms with van der Waals surface area (Å²) in [5.41, 5.74) is 5.80. The van der Waals surface area contributed by atoms with Crippen molar-refractivity contribution in [2.45, 2.75) is 39.7 Å². The van der Waals surface area contributed by atoms with Crippen LogP contribution in [-0.2, 0) is 0 Å². The van der Waals surface area contributed by atoms with Gasteiger partial charge in [0, 0.05) is 5.54 Å². The van der Waals surface area contributed by atoms with E-state index in [1.54, 1.807) is 0 Å². The summed E-state index contributed by atoms with van der Waals surface area (Å²) >= 11 is 0. The van der Waals surface area contributed by atoms with Crippen LogP contribution in [0.3, 0.4) is 0 Å². The zero-order valence-corrected chi connectivity index (χ0v) is 6.36. The average Bonchev–Trinajstić information content (AvgIpc) is 1.62. The Kier molecular flexibility index (Phi) is 2.48. The Morgan fingerprint density at radius 3 is 1.88 bits per heavy atom. The van der Waals surface area contributed by atoms with Gasteiger partial charge in [0.1, 0.15) is 0 Å². The number of hydrogen-bond donors (Lipinski definition) is 1. The van der Waals surface area contributed by atoms with E-state index in [1.807, 2.05) is 0 Å². The van der Waals surface area contributed by atoms with Gasteiger partial charge in [-0.2, -0.15) is 0 Å². The van der Waals surface area contributed by atoms with Crippen LogP contribution in [0.4, 0.5) is 0 Å². The maximum Gasteiger partial charge on any atom is 0.0123 e. The molecule has 8 heavy (non-hydrogen) atoms. The van der Waals surface area contributed by atoms with Crippen LogP contribution < -0.4 is 5.73 Å². The lowest BCUT2D eigenvalue weighted by molar-refractivity contribution is 0.337. The first-order valence-corrected chi connectivity index (χ1v) is 3.27. The highest BCUT2D eigenvalue weighted by Crippen LogP contribution is 2.14. The smallest absolute Gasteiger partial charge is 0.0123 e. The third-order valence-electron chi connectivity index (χ3n) is 1.88. The van der Waals surface area contributed by atoms with Gasteiger partial charge in [-0.15, -0.1) is 0 Å². The van der Waals surface area contributed by atoms with Crippen LogP contribution >= 0.6 is 0 Å². The van der Waals surface area contributed by atoms with E-state index < -0.39 is 0 Å². The second-order valence-corrected chi connectivity index (χ2v) is 3.13. The number of nitrogens with two attached hydrogens (primary N) is 1. The van der Waals surface area contributed by atoms with Gasteiger partial charge in [0.05, 0.1) is 0 Å². The lowest BCUT2D eigenvalue weighted by atomic mass is 9.88. The van der Waals surface area contributed by atoms with Crippen molar-refractivity contribution >= 4 is 0 Å². The van der Waals surface area contributed by atoms with Crippen molar-refractivity contribution in [3.8, 4) is 0 Å². The molecule has 0 fully saturated rings. The Labute approximate surface area is 52.3 Å². The largest absolute Gasteiger partial charge is 0.325 e. The molecule has 0 unspecified atom stereocenters. The highest BCUT2D eigenvalue weighted by atomic mass is 14.7. The molecule has 0 amide bonds. The fourth-order valence-corrected chi connectivity index (χ4v) is 0.526. The average molecular weight is 115 g/mol. The van der Waals surface area contributed by atoms with E-state index in [-0.39, 0.29) is 5.54 Å². The molecule has 0 rings (SSSR count). The van der Waals surface area contributed by atoms with Crippen LogP contribution in [0.5, 0.6) is 0 Å². The molecule has 0 aliphatic carbocycles. The van der Waals surface area contributed by atoms with Crippen molar-refractivity contribution in [3.05, 3.63) is 0 Å². The summed E-state index contributed by atoms with van der Waals surface area (Å²) in [7, 11) is 0. The van der Waals surface area contributed by atoms with Crippen molar-refractivity contribution < 1.29 is 0 Å². The third-order valence-corrected chi connectivity index (χ3v) is 1.88. The van der Waals surface area contributed by atoms with Gasteiger partial charge in [-0.05, 0) is 19.8 Å². The van der Waals surface area contributed by atoms with Crippen LogP contribution in [0.25, 0.3) is 0 Å². The van der Waals surface area contributed by atoms with Crippen molar-refractivity contribution in [2.75, 3.05) is 0 Å². The molecule has 0 saturated carbocycles. The summed E-state index contributed by atoms with van der Waals surface area (Å²) in [6.45, 7) is 8.49. The van der Waals surface area contributed by atoms with Gasteiger partial charge < -0.3 is 5.73 Å². The lowest BCUT2D eigenvalue weighted by Crippen LogP contribution is -2.38. The molecule has 0 aromatic rings.